The molecular formula is C22H22N2O4. The van der Waals surface area contributed by atoms with Crippen molar-refractivity contribution < 1.29 is 19.1 Å². The van der Waals surface area contributed by atoms with Crippen molar-refractivity contribution in [2.75, 3.05) is 11.4 Å². The highest BCUT2D eigenvalue weighted by Crippen LogP contribution is 2.31. The van der Waals surface area contributed by atoms with Gasteiger partial charge in [0.1, 0.15) is 0 Å². The fourth-order valence-electron chi connectivity index (χ4n) is 3.97. The van der Waals surface area contributed by atoms with Crippen molar-refractivity contribution in [2.45, 2.75) is 31.8 Å². The van der Waals surface area contributed by atoms with E-state index in [-0.39, 0.29) is 18.9 Å². The number of fused-ring (bicyclic) bond motifs is 1. The Balaban J connectivity index is 1.47. The molecule has 2 N–H and O–H groups in total. The fraction of sp³-hybridized carbons (Fsp3) is 0.318. The molecule has 144 valence electrons. The van der Waals surface area contributed by atoms with Gasteiger partial charge in [0.2, 0.25) is 12.0 Å². The smallest absolute Gasteiger partial charge is 0.312 e. The molecule has 4 rings (SSSR count). The first kappa shape index (κ1) is 18.2. The molecule has 1 heterocycles. The molecule has 2 atom stereocenters. The molecule has 0 saturated carbocycles. The van der Waals surface area contributed by atoms with Gasteiger partial charge in [0, 0.05) is 24.2 Å². The molecule has 0 bridgehead atoms. The number of esters is 1. The summed E-state index contributed by atoms with van der Waals surface area (Å²) < 4.78 is 5.40. The summed E-state index contributed by atoms with van der Waals surface area (Å²) in [6, 6.07) is 14.7. The van der Waals surface area contributed by atoms with Crippen LogP contribution >= 0.6 is 0 Å². The van der Waals surface area contributed by atoms with E-state index in [1.807, 2.05) is 12.1 Å². The number of carbonyl (C=O) groups is 3. The normalized spacial score (nSPS) is 19.4. The number of aryl methyl sites for hydroxylation is 2. The van der Waals surface area contributed by atoms with Crippen LogP contribution in [-0.2, 0) is 32.0 Å². The van der Waals surface area contributed by atoms with Gasteiger partial charge in [-0.1, -0.05) is 36.4 Å². The van der Waals surface area contributed by atoms with Gasteiger partial charge in [0.05, 0.1) is 5.92 Å². The van der Waals surface area contributed by atoms with Crippen LogP contribution in [0.1, 0.15) is 35.6 Å². The molecule has 2 aliphatic rings. The van der Waals surface area contributed by atoms with E-state index in [0.29, 0.717) is 5.56 Å². The maximum Gasteiger partial charge on any atom is 0.312 e. The number of amides is 2. The van der Waals surface area contributed by atoms with Crippen LogP contribution in [0, 0.1) is 5.92 Å². The predicted molar refractivity (Wildman–Crippen MR) is 103 cm³/mol. The summed E-state index contributed by atoms with van der Waals surface area (Å²) >= 11 is 0. The molecule has 1 saturated heterocycles. The summed E-state index contributed by atoms with van der Waals surface area (Å²) in [7, 11) is 0. The first-order valence-corrected chi connectivity index (χ1v) is 9.50. The zero-order valence-corrected chi connectivity index (χ0v) is 15.5. The Labute approximate surface area is 163 Å². The Hall–Kier alpha value is -3.15. The van der Waals surface area contributed by atoms with Crippen LogP contribution in [-0.4, -0.2) is 24.3 Å². The van der Waals surface area contributed by atoms with Gasteiger partial charge >= 0.3 is 5.97 Å². The highest BCUT2D eigenvalue weighted by Gasteiger charge is 2.38. The largest absolute Gasteiger partial charge is 0.447 e. The van der Waals surface area contributed by atoms with Crippen LogP contribution in [0.5, 0.6) is 0 Å². The molecule has 2 aromatic carbocycles. The van der Waals surface area contributed by atoms with Gasteiger partial charge in [0.25, 0.3) is 5.91 Å². The lowest BCUT2D eigenvalue weighted by Gasteiger charge is -2.19. The third-order valence-electron chi connectivity index (χ3n) is 5.45. The second-order valence-corrected chi connectivity index (χ2v) is 7.34. The molecule has 1 fully saturated rings. The number of nitrogens with zero attached hydrogens (tertiary/aromatic N) is 1. The highest BCUT2D eigenvalue weighted by molar-refractivity contribution is 6.00. The Morgan fingerprint density at radius 2 is 1.82 bits per heavy atom. The maximum absolute atomic E-state index is 12.6. The van der Waals surface area contributed by atoms with E-state index in [1.165, 1.54) is 11.1 Å². The van der Waals surface area contributed by atoms with Gasteiger partial charge < -0.3 is 15.4 Å². The quantitative estimate of drug-likeness (QED) is 0.809. The van der Waals surface area contributed by atoms with Crippen molar-refractivity contribution >= 4 is 23.5 Å². The average molecular weight is 378 g/mol. The zero-order chi connectivity index (χ0) is 19.7. The summed E-state index contributed by atoms with van der Waals surface area (Å²) in [6.07, 6.45) is 2.14. The molecule has 1 aliphatic carbocycles. The number of carbonyl (C=O) groups excluding carboxylic acids is 3. The van der Waals surface area contributed by atoms with Crippen molar-refractivity contribution in [1.82, 2.24) is 0 Å². The van der Waals surface area contributed by atoms with Crippen molar-refractivity contribution in [3.8, 4) is 0 Å². The number of nitrogens with two attached hydrogens (primary N) is 1. The number of hydrogen-bond acceptors (Lipinski definition) is 4. The second-order valence-electron chi connectivity index (χ2n) is 7.34. The van der Waals surface area contributed by atoms with Gasteiger partial charge in [-0.05, 0) is 42.5 Å². The molecule has 0 radical (unpaired) electrons. The first-order chi connectivity index (χ1) is 13.5. The van der Waals surface area contributed by atoms with Crippen LogP contribution in [0.3, 0.4) is 0 Å². The van der Waals surface area contributed by atoms with Gasteiger partial charge in [0.15, 0.2) is 0 Å². The number of rotatable bonds is 5. The number of ether oxygens (including phenoxy) is 1. The number of hydrogen-bond donors (Lipinski definition) is 1. The van der Waals surface area contributed by atoms with Gasteiger partial charge in [-0.15, -0.1) is 0 Å². The third-order valence-corrected chi connectivity index (χ3v) is 5.45. The van der Waals surface area contributed by atoms with E-state index in [2.05, 4.69) is 6.07 Å². The molecular weight excluding hydrogens is 356 g/mol. The summed E-state index contributed by atoms with van der Waals surface area (Å²) in [6.45, 7) is 0.247. The van der Waals surface area contributed by atoms with E-state index >= 15 is 0 Å². The zero-order valence-electron chi connectivity index (χ0n) is 15.5. The van der Waals surface area contributed by atoms with Gasteiger partial charge in [-0.25, -0.2) is 0 Å². The summed E-state index contributed by atoms with van der Waals surface area (Å²) in [4.78, 5) is 38.5. The van der Waals surface area contributed by atoms with Gasteiger partial charge in [-0.2, -0.15) is 0 Å². The lowest BCUT2D eigenvalue weighted by atomic mass is 10.1. The standard InChI is InChI=1S/C22H22N2O4/c23-21(26)20(15-5-2-1-3-6-15)28-22(27)17-12-19(25)24(13-17)18-10-9-14-7-4-8-16(14)11-18/h1-3,5-6,9-11,17,20H,4,7-8,12-13H2,(H2,23,26)/t17-,20-/m0/s1. The maximum atomic E-state index is 12.6. The summed E-state index contributed by atoms with van der Waals surface area (Å²) in [5.41, 5.74) is 9.36. The second kappa shape index (κ2) is 7.46. The van der Waals surface area contributed by atoms with Crippen molar-refractivity contribution in [3.63, 3.8) is 0 Å². The number of benzene rings is 2. The Morgan fingerprint density at radius 1 is 1.07 bits per heavy atom. The van der Waals surface area contributed by atoms with E-state index in [9.17, 15) is 14.4 Å². The molecule has 28 heavy (non-hydrogen) atoms. The fourth-order valence-corrected chi connectivity index (χ4v) is 3.97. The van der Waals surface area contributed by atoms with Crippen molar-refractivity contribution in [2.24, 2.45) is 11.7 Å². The molecule has 6 heteroatoms. The van der Waals surface area contributed by atoms with Crippen molar-refractivity contribution in [3.05, 3.63) is 65.2 Å². The summed E-state index contributed by atoms with van der Waals surface area (Å²) in [5.74, 6) is -2.05. The minimum absolute atomic E-state index is 0.0657. The topological polar surface area (TPSA) is 89.7 Å². The summed E-state index contributed by atoms with van der Waals surface area (Å²) in [5, 5.41) is 0. The minimum atomic E-state index is -1.15. The molecule has 2 aromatic rings. The lowest BCUT2D eigenvalue weighted by molar-refractivity contribution is -0.159. The third kappa shape index (κ3) is 3.50. The SMILES string of the molecule is NC(=O)[C@@H](OC(=O)[C@H]1CC(=O)N(c2ccc3c(c2)CCC3)C1)c1ccccc1. The predicted octanol–water partition coefficient (Wildman–Crippen LogP) is 2.30. The number of primary amides is 1. The van der Waals surface area contributed by atoms with Crippen LogP contribution in [0.15, 0.2) is 48.5 Å². The van der Waals surface area contributed by atoms with Crippen molar-refractivity contribution in [1.29, 1.82) is 0 Å². The Kier molecular flexibility index (Phi) is 4.86. The van der Waals surface area contributed by atoms with E-state index in [1.54, 1.807) is 35.2 Å². The van der Waals surface area contributed by atoms with E-state index in [0.717, 1.165) is 24.9 Å². The Morgan fingerprint density at radius 3 is 2.57 bits per heavy atom. The molecule has 0 aromatic heterocycles. The van der Waals surface area contributed by atoms with Crippen LogP contribution in [0.25, 0.3) is 0 Å². The van der Waals surface area contributed by atoms with Gasteiger partial charge in [-0.3, -0.25) is 14.4 Å². The number of anilines is 1. The highest BCUT2D eigenvalue weighted by atomic mass is 16.5. The monoisotopic (exact) mass is 378 g/mol. The Bertz CT molecular complexity index is 925. The molecule has 1 aliphatic heterocycles. The van der Waals surface area contributed by atoms with E-state index in [4.69, 9.17) is 10.5 Å². The average Bonchev–Trinajstić information content (AvgIpc) is 3.32. The first-order valence-electron chi connectivity index (χ1n) is 9.50. The van der Waals surface area contributed by atoms with Crippen LogP contribution < -0.4 is 10.6 Å². The minimum Gasteiger partial charge on any atom is -0.447 e. The molecule has 2 amide bonds. The van der Waals surface area contributed by atoms with Crippen LogP contribution in [0.2, 0.25) is 0 Å². The van der Waals surface area contributed by atoms with Crippen LogP contribution in [0.4, 0.5) is 5.69 Å². The molecule has 0 unspecified atom stereocenters. The molecule has 6 nitrogen and oxygen atoms in total. The molecule has 0 spiro atoms. The van der Waals surface area contributed by atoms with E-state index < -0.39 is 23.9 Å². The lowest BCUT2D eigenvalue weighted by Crippen LogP contribution is -2.30.